The summed E-state index contributed by atoms with van der Waals surface area (Å²) in [6, 6.07) is 9.09. The Bertz CT molecular complexity index is 479. The molecule has 2 heteroatoms. The Labute approximate surface area is 134 Å². The zero-order valence-electron chi connectivity index (χ0n) is 13.6. The molecule has 3 rings (SSSR count). The number of benzene rings is 1. The van der Waals surface area contributed by atoms with Crippen molar-refractivity contribution in [3.63, 3.8) is 0 Å². The zero-order chi connectivity index (χ0) is 15.4. The summed E-state index contributed by atoms with van der Waals surface area (Å²) < 4.78 is 0. The third kappa shape index (κ3) is 2.99. The summed E-state index contributed by atoms with van der Waals surface area (Å²) in [6.45, 7) is 0.623. The van der Waals surface area contributed by atoms with Crippen LogP contribution in [0.5, 0.6) is 0 Å². The Morgan fingerprint density at radius 2 is 1.64 bits per heavy atom. The van der Waals surface area contributed by atoms with Crippen molar-refractivity contribution in [2.24, 2.45) is 17.6 Å². The lowest BCUT2D eigenvalue weighted by Crippen LogP contribution is -2.39. The Hall–Kier alpha value is -1.15. The molecule has 1 aromatic rings. The van der Waals surface area contributed by atoms with Crippen LogP contribution in [0, 0.1) is 11.8 Å². The van der Waals surface area contributed by atoms with E-state index in [0.717, 1.165) is 18.8 Å². The molecule has 0 bridgehead atoms. The first-order chi connectivity index (χ1) is 10.8. The molecule has 22 heavy (non-hydrogen) atoms. The average Bonchev–Trinajstić information content (AvgIpc) is 2.62. The summed E-state index contributed by atoms with van der Waals surface area (Å²) in [7, 11) is 0. The first kappa shape index (κ1) is 15.7. The summed E-state index contributed by atoms with van der Waals surface area (Å²) in [5, 5.41) is 0. The fourth-order valence-corrected chi connectivity index (χ4v) is 4.90. The van der Waals surface area contributed by atoms with Crippen LogP contribution in [0.3, 0.4) is 0 Å². The largest absolute Gasteiger partial charge is 0.326 e. The lowest BCUT2D eigenvalue weighted by molar-refractivity contribution is -0.112. The van der Waals surface area contributed by atoms with Crippen molar-refractivity contribution in [2.75, 3.05) is 0 Å². The van der Waals surface area contributed by atoms with Crippen LogP contribution in [0.2, 0.25) is 0 Å². The van der Waals surface area contributed by atoms with E-state index in [2.05, 4.69) is 24.3 Å². The number of carbonyl (C=O) groups is 1. The molecule has 0 radical (unpaired) electrons. The first-order valence-corrected chi connectivity index (χ1v) is 9.03. The second-order valence-electron chi connectivity index (χ2n) is 7.37. The van der Waals surface area contributed by atoms with Gasteiger partial charge in [0.25, 0.3) is 0 Å². The molecule has 0 spiro atoms. The van der Waals surface area contributed by atoms with Gasteiger partial charge in [0.1, 0.15) is 6.29 Å². The molecular weight excluding hydrogens is 270 g/mol. The monoisotopic (exact) mass is 299 g/mol. The highest BCUT2D eigenvalue weighted by Gasteiger charge is 2.42. The minimum Gasteiger partial charge on any atom is -0.326 e. The predicted octanol–water partition coefficient (Wildman–Crippen LogP) is 4.35. The molecule has 120 valence electrons. The predicted molar refractivity (Wildman–Crippen MR) is 90.6 cm³/mol. The van der Waals surface area contributed by atoms with Crippen LogP contribution in [0.15, 0.2) is 24.3 Å². The normalized spacial score (nSPS) is 28.2. The third-order valence-corrected chi connectivity index (χ3v) is 6.26. The van der Waals surface area contributed by atoms with Crippen LogP contribution in [-0.4, -0.2) is 6.29 Å². The fraction of sp³-hybridized carbons (Fsp3) is 0.650. The highest BCUT2D eigenvalue weighted by atomic mass is 16.1. The summed E-state index contributed by atoms with van der Waals surface area (Å²) in [5.74, 6) is 1.07. The van der Waals surface area contributed by atoms with Crippen molar-refractivity contribution in [1.82, 2.24) is 0 Å². The molecule has 0 amide bonds. The van der Waals surface area contributed by atoms with Gasteiger partial charge in [-0.05, 0) is 61.0 Å². The van der Waals surface area contributed by atoms with Gasteiger partial charge in [-0.15, -0.1) is 0 Å². The minimum atomic E-state index is 0.316. The lowest BCUT2D eigenvalue weighted by Gasteiger charge is -2.47. The molecule has 0 unspecified atom stereocenters. The van der Waals surface area contributed by atoms with Crippen LogP contribution < -0.4 is 5.73 Å². The maximum absolute atomic E-state index is 11.1. The van der Waals surface area contributed by atoms with E-state index in [9.17, 15) is 4.79 Å². The van der Waals surface area contributed by atoms with Gasteiger partial charge in [-0.1, -0.05) is 43.5 Å². The number of hydrogen-bond donors (Lipinski definition) is 1. The molecule has 0 saturated heterocycles. The van der Waals surface area contributed by atoms with Gasteiger partial charge in [-0.25, -0.2) is 0 Å². The smallest absolute Gasteiger partial charge is 0.123 e. The summed E-state index contributed by atoms with van der Waals surface area (Å²) in [6.07, 6.45) is 12.6. The Balaban J connectivity index is 1.85. The molecule has 0 aliphatic heterocycles. The van der Waals surface area contributed by atoms with E-state index in [-0.39, 0.29) is 0 Å². The number of hydrogen-bond acceptors (Lipinski definition) is 2. The first-order valence-electron chi connectivity index (χ1n) is 9.03. The van der Waals surface area contributed by atoms with E-state index >= 15 is 0 Å². The maximum Gasteiger partial charge on any atom is 0.123 e. The quantitative estimate of drug-likeness (QED) is 0.840. The Morgan fingerprint density at radius 1 is 1.00 bits per heavy atom. The zero-order valence-corrected chi connectivity index (χ0v) is 13.6. The molecule has 2 N–H and O–H groups in total. The van der Waals surface area contributed by atoms with Crippen molar-refractivity contribution in [3.05, 3.63) is 35.4 Å². The van der Waals surface area contributed by atoms with Crippen molar-refractivity contribution < 1.29 is 4.79 Å². The molecule has 2 aliphatic rings. The molecule has 0 heterocycles. The topological polar surface area (TPSA) is 43.1 Å². The number of aldehydes is 1. The molecule has 2 nitrogen and oxygen atoms in total. The number of carbonyl (C=O) groups excluding carboxylic acids is 1. The van der Waals surface area contributed by atoms with Gasteiger partial charge in [-0.2, -0.15) is 0 Å². The standard InChI is InChI=1S/C20H29NO/c21-14-16-4-8-18(9-5-16)20(12-2-1-3-13-20)19-10-6-17(15-22)7-11-19/h4-5,8-9,15,17,19H,1-3,6-7,10-14,21H2/t17-,19-. The summed E-state index contributed by atoms with van der Waals surface area (Å²) in [5.41, 5.74) is 8.86. The van der Waals surface area contributed by atoms with Crippen LogP contribution in [0.25, 0.3) is 0 Å². The van der Waals surface area contributed by atoms with E-state index in [4.69, 9.17) is 5.73 Å². The van der Waals surface area contributed by atoms with Crippen LogP contribution in [0.4, 0.5) is 0 Å². The van der Waals surface area contributed by atoms with Crippen molar-refractivity contribution in [2.45, 2.75) is 69.7 Å². The molecule has 2 saturated carbocycles. The van der Waals surface area contributed by atoms with Gasteiger partial charge < -0.3 is 10.5 Å². The van der Waals surface area contributed by atoms with E-state index < -0.39 is 0 Å². The highest BCUT2D eigenvalue weighted by Crippen LogP contribution is 2.50. The van der Waals surface area contributed by atoms with Gasteiger partial charge in [0, 0.05) is 12.5 Å². The third-order valence-electron chi connectivity index (χ3n) is 6.26. The van der Waals surface area contributed by atoms with Gasteiger partial charge in [-0.3, -0.25) is 0 Å². The maximum atomic E-state index is 11.1. The Morgan fingerprint density at radius 3 is 2.18 bits per heavy atom. The summed E-state index contributed by atoms with van der Waals surface area (Å²) in [4.78, 5) is 11.1. The van der Waals surface area contributed by atoms with Crippen molar-refractivity contribution >= 4 is 6.29 Å². The molecule has 1 aromatic carbocycles. The van der Waals surface area contributed by atoms with E-state index in [1.165, 1.54) is 62.4 Å². The molecule has 0 atom stereocenters. The van der Waals surface area contributed by atoms with Crippen molar-refractivity contribution in [1.29, 1.82) is 0 Å². The number of nitrogens with two attached hydrogens (primary N) is 1. The molecule has 2 fully saturated rings. The van der Waals surface area contributed by atoms with Gasteiger partial charge >= 0.3 is 0 Å². The second-order valence-corrected chi connectivity index (χ2v) is 7.37. The summed E-state index contributed by atoms with van der Waals surface area (Å²) >= 11 is 0. The highest BCUT2D eigenvalue weighted by molar-refractivity contribution is 5.53. The van der Waals surface area contributed by atoms with Crippen LogP contribution in [0.1, 0.15) is 68.9 Å². The molecule has 0 aromatic heterocycles. The van der Waals surface area contributed by atoms with Crippen LogP contribution >= 0.6 is 0 Å². The fourth-order valence-electron chi connectivity index (χ4n) is 4.90. The van der Waals surface area contributed by atoms with Gasteiger partial charge in [0.2, 0.25) is 0 Å². The van der Waals surface area contributed by atoms with Crippen molar-refractivity contribution in [3.8, 4) is 0 Å². The van der Waals surface area contributed by atoms with Crippen LogP contribution in [-0.2, 0) is 16.8 Å². The minimum absolute atomic E-state index is 0.316. The van der Waals surface area contributed by atoms with Gasteiger partial charge in [0.05, 0.1) is 0 Å². The molecular formula is C20H29NO. The average molecular weight is 299 g/mol. The Kier molecular flexibility index (Phi) is 4.97. The lowest BCUT2D eigenvalue weighted by atomic mass is 9.58. The van der Waals surface area contributed by atoms with E-state index in [1.807, 2.05) is 0 Å². The SMILES string of the molecule is NCc1ccc(C2([C@H]3CC[C@H](C=O)CC3)CCCCC2)cc1. The molecule has 2 aliphatic carbocycles. The second kappa shape index (κ2) is 6.95. The van der Waals surface area contributed by atoms with E-state index in [0.29, 0.717) is 17.9 Å². The van der Waals surface area contributed by atoms with Gasteiger partial charge in [0.15, 0.2) is 0 Å². The number of rotatable bonds is 4. The van der Waals surface area contributed by atoms with E-state index in [1.54, 1.807) is 0 Å².